The molecule has 306 valence electrons. The Morgan fingerprint density at radius 1 is 1.17 bits per heavy atom. The lowest BCUT2D eigenvalue weighted by molar-refractivity contribution is -0.138. The zero-order valence-electron chi connectivity index (χ0n) is 30.6. The fourth-order valence-electron chi connectivity index (χ4n) is 8.50. The van der Waals surface area contributed by atoms with Crippen LogP contribution in [0.15, 0.2) is 24.4 Å². The Kier molecular flexibility index (Phi) is 10.6. The Bertz CT molecular complexity index is 2460. The number of rotatable bonds is 10. The number of nitrogen functional groups attached to an aromatic ring is 2. The van der Waals surface area contributed by atoms with Crippen molar-refractivity contribution in [1.82, 2.24) is 24.8 Å². The van der Waals surface area contributed by atoms with E-state index in [-0.39, 0.29) is 57.5 Å². The lowest BCUT2D eigenvalue weighted by atomic mass is 9.91. The van der Waals surface area contributed by atoms with Crippen molar-refractivity contribution in [2.45, 2.75) is 49.6 Å². The lowest BCUT2D eigenvalue weighted by Gasteiger charge is -2.31. The Hall–Kier alpha value is -4.87. The van der Waals surface area contributed by atoms with E-state index in [1.165, 1.54) is 12.3 Å². The molecule has 0 aliphatic carbocycles. The van der Waals surface area contributed by atoms with E-state index in [9.17, 15) is 14.8 Å². The number of fused-ring (bicyclic) bond motifs is 3. The van der Waals surface area contributed by atoms with Crippen molar-refractivity contribution >= 4 is 60.6 Å². The van der Waals surface area contributed by atoms with Crippen LogP contribution in [0.4, 0.5) is 43.0 Å². The fraction of sp³-hybridized carbons (Fsp3) is 0.421. The van der Waals surface area contributed by atoms with Gasteiger partial charge in [0.1, 0.15) is 58.1 Å². The number of anilines is 3. The van der Waals surface area contributed by atoms with E-state index in [0.717, 1.165) is 18.6 Å². The number of hydrogen-bond donors (Lipinski definition) is 4. The maximum Gasteiger partial charge on any atom is 0.420 e. The highest BCUT2D eigenvalue weighted by molar-refractivity contribution is 7.23. The maximum atomic E-state index is 17.4. The van der Waals surface area contributed by atoms with Crippen molar-refractivity contribution in [3.63, 3.8) is 0 Å². The molecule has 6 heterocycles. The molecule has 0 unspecified atom stereocenters. The van der Waals surface area contributed by atoms with Crippen LogP contribution in [0.1, 0.15) is 48.4 Å². The first kappa shape index (κ1) is 39.9. The fourth-order valence-corrected chi connectivity index (χ4v) is 9.62. The highest BCUT2D eigenvalue weighted by Gasteiger charge is 2.49. The van der Waals surface area contributed by atoms with Crippen LogP contribution in [-0.2, 0) is 10.9 Å². The zero-order valence-corrected chi connectivity index (χ0v) is 32.2. The number of halogens is 7. The summed E-state index contributed by atoms with van der Waals surface area (Å²) in [6.45, 7) is 3.33. The first-order valence-electron chi connectivity index (χ1n) is 18.4. The molecule has 3 aliphatic heterocycles. The van der Waals surface area contributed by atoms with Crippen LogP contribution < -0.4 is 21.5 Å². The van der Waals surface area contributed by atoms with Crippen molar-refractivity contribution in [3.8, 4) is 29.0 Å². The van der Waals surface area contributed by atoms with Crippen molar-refractivity contribution in [2.24, 2.45) is 0 Å². The van der Waals surface area contributed by atoms with Gasteiger partial charge in [-0.15, -0.1) is 11.3 Å². The third-order valence-electron chi connectivity index (χ3n) is 11.2. The monoisotopic (exact) mass is 847 g/mol. The van der Waals surface area contributed by atoms with Crippen LogP contribution in [0.5, 0.6) is 11.8 Å². The number of phenolic OH excluding ortho intramolecular Hbond substituents is 1. The number of pyridine rings is 1. The normalized spacial score (nSPS) is 20.8. The molecule has 6 N–H and O–H groups in total. The molecule has 0 bridgehead atoms. The van der Waals surface area contributed by atoms with Crippen molar-refractivity contribution in [2.75, 3.05) is 69.3 Å². The average Bonchev–Trinajstić information content (AvgIpc) is 3.84. The topological polar surface area (TPSA) is 172 Å². The molecule has 2 aromatic carbocycles. The molecule has 3 atom stereocenters. The number of hydrogen-bond acceptors (Lipinski definition) is 13. The number of alkyl halides is 4. The maximum absolute atomic E-state index is 17.4. The van der Waals surface area contributed by atoms with Crippen LogP contribution in [-0.4, -0.2) is 94.1 Å². The quantitative estimate of drug-likeness (QED) is 0.103. The minimum Gasteiger partial charge on any atom is -0.506 e. The SMILES string of the molecule is N#Cc1c(N)sc2c(F)ccc(-c3c(C(F)(F)F)c(O)c4c(N[C@H](CCN5CCOCC5)c5cc(Cl)cnc5N)nc(OC[C@@]56CCCN5C[C@H](F)C6)nc4c3F)c12. The molecule has 3 aromatic heterocycles. The molecule has 3 aliphatic rings. The number of aromatic nitrogens is 3. The van der Waals surface area contributed by atoms with E-state index in [0.29, 0.717) is 62.7 Å². The average molecular weight is 848 g/mol. The first-order chi connectivity index (χ1) is 27.7. The summed E-state index contributed by atoms with van der Waals surface area (Å²) in [6, 6.07) is 3.66. The van der Waals surface area contributed by atoms with Gasteiger partial charge in [-0.25, -0.2) is 18.2 Å². The van der Waals surface area contributed by atoms with Gasteiger partial charge in [0.2, 0.25) is 0 Å². The smallest absolute Gasteiger partial charge is 0.420 e. The van der Waals surface area contributed by atoms with Gasteiger partial charge in [-0.05, 0) is 43.5 Å². The molecular weight excluding hydrogens is 812 g/mol. The molecule has 58 heavy (non-hydrogen) atoms. The Morgan fingerprint density at radius 2 is 1.95 bits per heavy atom. The number of morpholine rings is 1. The number of nitriles is 1. The molecule has 3 saturated heterocycles. The third-order valence-corrected chi connectivity index (χ3v) is 12.4. The van der Waals surface area contributed by atoms with Gasteiger partial charge in [-0.3, -0.25) is 9.80 Å². The molecule has 0 spiro atoms. The number of nitrogens with two attached hydrogens (primary N) is 2. The van der Waals surface area contributed by atoms with Crippen LogP contribution >= 0.6 is 22.9 Å². The van der Waals surface area contributed by atoms with Gasteiger partial charge in [0.25, 0.3) is 0 Å². The molecule has 3 fully saturated rings. The molecule has 12 nitrogen and oxygen atoms in total. The van der Waals surface area contributed by atoms with Crippen molar-refractivity contribution in [3.05, 3.63) is 57.7 Å². The number of nitrogens with one attached hydrogen (secondary N) is 1. The number of thiophene rings is 1. The number of ether oxygens (including phenoxy) is 2. The van der Waals surface area contributed by atoms with Gasteiger partial charge in [-0.2, -0.15) is 28.4 Å². The van der Waals surface area contributed by atoms with E-state index in [1.54, 1.807) is 6.07 Å². The summed E-state index contributed by atoms with van der Waals surface area (Å²) in [5.74, 6) is -4.33. The Balaban J connectivity index is 1.35. The zero-order chi connectivity index (χ0) is 41.1. The summed E-state index contributed by atoms with van der Waals surface area (Å²) in [5, 5.41) is 23.7. The van der Waals surface area contributed by atoms with Crippen LogP contribution in [0.2, 0.25) is 5.02 Å². The van der Waals surface area contributed by atoms with E-state index in [2.05, 4.69) is 25.2 Å². The van der Waals surface area contributed by atoms with Gasteiger partial charge in [0.15, 0.2) is 5.82 Å². The van der Waals surface area contributed by atoms with Gasteiger partial charge < -0.3 is 31.4 Å². The molecule has 8 rings (SSSR count). The van der Waals surface area contributed by atoms with Crippen molar-refractivity contribution < 1.29 is 40.9 Å². The summed E-state index contributed by atoms with van der Waals surface area (Å²) in [7, 11) is 0. The second kappa shape index (κ2) is 15.4. The highest BCUT2D eigenvalue weighted by Crippen LogP contribution is 2.52. The van der Waals surface area contributed by atoms with Gasteiger partial charge >= 0.3 is 12.2 Å². The first-order valence-corrected chi connectivity index (χ1v) is 19.6. The van der Waals surface area contributed by atoms with Crippen molar-refractivity contribution in [1.29, 1.82) is 5.26 Å². The number of benzene rings is 2. The van der Waals surface area contributed by atoms with E-state index < -0.39 is 80.7 Å². The Morgan fingerprint density at radius 3 is 2.69 bits per heavy atom. The van der Waals surface area contributed by atoms with Crippen LogP contribution in [0, 0.1) is 23.0 Å². The molecule has 0 saturated carbocycles. The molecular formula is C38H36ClF6N9O3S. The van der Waals surface area contributed by atoms with Gasteiger partial charge in [0.05, 0.1) is 45.5 Å². The van der Waals surface area contributed by atoms with E-state index >= 15 is 22.0 Å². The molecule has 0 radical (unpaired) electrons. The summed E-state index contributed by atoms with van der Waals surface area (Å²) in [6.07, 6.45) is -3.43. The van der Waals surface area contributed by atoms with Crippen LogP contribution in [0.25, 0.3) is 32.1 Å². The number of nitrogens with zero attached hydrogens (tertiary/aromatic N) is 6. The molecule has 0 amide bonds. The summed E-state index contributed by atoms with van der Waals surface area (Å²) in [5.41, 5.74) is 7.20. The number of aromatic hydroxyl groups is 1. The minimum absolute atomic E-state index is 0.0403. The second-order valence-corrected chi connectivity index (χ2v) is 16.2. The van der Waals surface area contributed by atoms with Gasteiger partial charge in [-0.1, -0.05) is 17.7 Å². The Labute approximate surface area is 336 Å². The molecule has 20 heteroatoms. The summed E-state index contributed by atoms with van der Waals surface area (Å²) < 4.78 is 104. The lowest BCUT2D eigenvalue weighted by Crippen LogP contribution is -2.43. The standard InChI is InChI=1S/C38H36ClF6N9O3S/c39-18-12-21(33(47)49-15-18)24(4-7-53-8-10-56-11-9-53)50-35-27-30(51-36(52-35)57-17-37-5-1-6-54(37)16-19(40)13-37)29(42)26(28(31(27)55)38(43,44)45)20-2-3-23(41)32-25(20)22(14-46)34(48)58-32/h2-3,12,15,19,24,55H,1,4-11,13,16-17,48H2,(H2,47,49)(H,50,51,52)/t19-,24-,37+/m1/s1. The molecule has 5 aromatic rings. The summed E-state index contributed by atoms with van der Waals surface area (Å²) >= 11 is 6.95. The third kappa shape index (κ3) is 7.14. The summed E-state index contributed by atoms with van der Waals surface area (Å²) in [4.78, 5) is 16.9. The minimum atomic E-state index is -5.43. The van der Waals surface area contributed by atoms with Crippen LogP contribution in [0.3, 0.4) is 0 Å². The van der Waals surface area contributed by atoms with E-state index in [1.807, 2.05) is 4.90 Å². The predicted octanol–water partition coefficient (Wildman–Crippen LogP) is 7.43. The predicted molar refractivity (Wildman–Crippen MR) is 207 cm³/mol. The second-order valence-electron chi connectivity index (χ2n) is 14.7. The van der Waals surface area contributed by atoms with E-state index in [4.69, 9.17) is 32.5 Å². The largest absolute Gasteiger partial charge is 0.506 e. The van der Waals surface area contributed by atoms with Gasteiger partial charge in [0, 0.05) is 55.3 Å². The number of phenols is 1. The highest BCUT2D eigenvalue weighted by atomic mass is 35.5.